The quantitative estimate of drug-likeness (QED) is 0.733. The molecule has 0 saturated carbocycles. The topological polar surface area (TPSA) is 39.1 Å². The van der Waals surface area contributed by atoms with Gasteiger partial charge < -0.3 is 4.57 Å². The van der Waals surface area contributed by atoms with Crippen LogP contribution in [0.25, 0.3) is 0 Å². The second-order valence-electron chi connectivity index (χ2n) is 4.70. The molecular formula is C14H17NO2. The van der Waals surface area contributed by atoms with Crippen LogP contribution in [-0.4, -0.2) is 10.4 Å². The van der Waals surface area contributed by atoms with Gasteiger partial charge in [0.25, 0.3) is 5.56 Å². The Kier molecular flexibility index (Phi) is 3.27. The molecular weight excluding hydrogens is 214 g/mol. The Morgan fingerprint density at radius 2 is 2.06 bits per heavy atom. The molecule has 3 nitrogen and oxygen atoms in total. The van der Waals surface area contributed by atoms with Crippen molar-refractivity contribution < 1.29 is 4.79 Å². The lowest BCUT2D eigenvalue weighted by Crippen LogP contribution is -2.27. The molecule has 1 aromatic heterocycles. The SMILES string of the molecule is CC(C)=CCn1c2c(ccc1=O)C(=O)CCC2. The third-order valence-electron chi connectivity index (χ3n) is 3.10. The molecule has 0 fully saturated rings. The Hall–Kier alpha value is -1.64. The van der Waals surface area contributed by atoms with Gasteiger partial charge in [-0.25, -0.2) is 0 Å². The first kappa shape index (κ1) is 11.8. The van der Waals surface area contributed by atoms with Gasteiger partial charge in [0.1, 0.15) is 0 Å². The second kappa shape index (κ2) is 4.70. The number of allylic oxidation sites excluding steroid dienone is 2. The monoisotopic (exact) mass is 231 g/mol. The van der Waals surface area contributed by atoms with Crippen molar-refractivity contribution in [3.05, 3.63) is 45.4 Å². The molecule has 2 rings (SSSR count). The van der Waals surface area contributed by atoms with Crippen molar-refractivity contribution in [2.75, 3.05) is 0 Å². The fourth-order valence-corrected chi connectivity index (χ4v) is 2.17. The average Bonchev–Trinajstić information content (AvgIpc) is 2.27. The molecule has 0 amide bonds. The van der Waals surface area contributed by atoms with Crippen molar-refractivity contribution in [3.63, 3.8) is 0 Å². The lowest BCUT2D eigenvalue weighted by molar-refractivity contribution is 0.0970. The summed E-state index contributed by atoms with van der Waals surface area (Å²) in [5, 5.41) is 0. The second-order valence-corrected chi connectivity index (χ2v) is 4.70. The van der Waals surface area contributed by atoms with Crippen LogP contribution in [-0.2, 0) is 13.0 Å². The Bertz CT molecular complexity index is 534. The van der Waals surface area contributed by atoms with Crippen LogP contribution in [0.2, 0.25) is 0 Å². The number of ketones is 1. The zero-order valence-electron chi connectivity index (χ0n) is 10.3. The maximum absolute atomic E-state index is 11.8. The van der Waals surface area contributed by atoms with E-state index in [-0.39, 0.29) is 11.3 Å². The number of Topliss-reactive ketones (excluding diaryl/α,β-unsaturated/α-hetero) is 1. The zero-order chi connectivity index (χ0) is 12.4. The maximum Gasteiger partial charge on any atom is 0.251 e. The molecule has 17 heavy (non-hydrogen) atoms. The molecule has 1 aromatic rings. The minimum atomic E-state index is -0.0176. The van der Waals surface area contributed by atoms with E-state index in [2.05, 4.69) is 0 Å². The number of nitrogens with zero attached hydrogens (tertiary/aromatic N) is 1. The van der Waals surface area contributed by atoms with E-state index in [0.29, 0.717) is 13.0 Å². The molecule has 0 saturated heterocycles. The molecule has 1 aliphatic carbocycles. The van der Waals surface area contributed by atoms with E-state index < -0.39 is 0 Å². The van der Waals surface area contributed by atoms with Crippen LogP contribution in [0.1, 0.15) is 42.7 Å². The van der Waals surface area contributed by atoms with Gasteiger partial charge in [0, 0.05) is 30.3 Å². The van der Waals surface area contributed by atoms with Crippen LogP contribution >= 0.6 is 0 Å². The van der Waals surface area contributed by atoms with Crippen LogP contribution in [0.4, 0.5) is 0 Å². The summed E-state index contributed by atoms with van der Waals surface area (Å²) in [5.41, 5.74) is 2.80. The Labute approximate surface area is 101 Å². The molecule has 90 valence electrons. The molecule has 1 heterocycles. The predicted molar refractivity (Wildman–Crippen MR) is 67.4 cm³/mol. The average molecular weight is 231 g/mol. The Morgan fingerprint density at radius 3 is 2.76 bits per heavy atom. The molecule has 3 heteroatoms. The summed E-state index contributed by atoms with van der Waals surface area (Å²) in [6.07, 6.45) is 4.30. The summed E-state index contributed by atoms with van der Waals surface area (Å²) in [5.74, 6) is 0.164. The van der Waals surface area contributed by atoms with Gasteiger partial charge in [-0.3, -0.25) is 9.59 Å². The van der Waals surface area contributed by atoms with Crippen molar-refractivity contribution in [2.24, 2.45) is 0 Å². The number of rotatable bonds is 2. The van der Waals surface area contributed by atoms with Crippen molar-refractivity contribution >= 4 is 5.78 Å². The summed E-state index contributed by atoms with van der Waals surface area (Å²) in [4.78, 5) is 23.6. The normalized spacial score (nSPS) is 14.4. The highest BCUT2D eigenvalue weighted by Gasteiger charge is 2.19. The van der Waals surface area contributed by atoms with E-state index in [0.717, 1.165) is 24.1 Å². The van der Waals surface area contributed by atoms with Gasteiger partial charge >= 0.3 is 0 Å². The number of hydrogen-bond donors (Lipinski definition) is 0. The molecule has 0 aromatic carbocycles. The molecule has 1 aliphatic rings. The fourth-order valence-electron chi connectivity index (χ4n) is 2.17. The van der Waals surface area contributed by atoms with Gasteiger partial charge in [-0.05, 0) is 32.8 Å². The van der Waals surface area contributed by atoms with Crippen molar-refractivity contribution in [2.45, 2.75) is 39.7 Å². The third kappa shape index (κ3) is 2.38. The van der Waals surface area contributed by atoms with Crippen LogP contribution in [0.5, 0.6) is 0 Å². The van der Waals surface area contributed by atoms with Crippen LogP contribution in [0, 0.1) is 0 Å². The van der Waals surface area contributed by atoms with E-state index in [1.807, 2.05) is 19.9 Å². The number of hydrogen-bond acceptors (Lipinski definition) is 2. The summed E-state index contributed by atoms with van der Waals surface area (Å²) in [6, 6.07) is 3.18. The van der Waals surface area contributed by atoms with E-state index in [1.165, 1.54) is 11.6 Å². The molecule has 0 spiro atoms. The van der Waals surface area contributed by atoms with Gasteiger partial charge in [0.15, 0.2) is 5.78 Å². The van der Waals surface area contributed by atoms with E-state index in [9.17, 15) is 9.59 Å². The summed E-state index contributed by atoms with van der Waals surface area (Å²) in [7, 11) is 0. The van der Waals surface area contributed by atoms with Crippen molar-refractivity contribution in [3.8, 4) is 0 Å². The van der Waals surface area contributed by atoms with Gasteiger partial charge in [0.05, 0.1) is 0 Å². The first-order valence-corrected chi connectivity index (χ1v) is 5.99. The first-order chi connectivity index (χ1) is 8.09. The fraction of sp³-hybridized carbons (Fsp3) is 0.429. The highest BCUT2D eigenvalue weighted by molar-refractivity contribution is 5.97. The number of fused-ring (bicyclic) bond motifs is 1. The largest absolute Gasteiger partial charge is 0.308 e. The molecule has 0 bridgehead atoms. The van der Waals surface area contributed by atoms with Crippen LogP contribution in [0.15, 0.2) is 28.6 Å². The number of aromatic nitrogens is 1. The minimum Gasteiger partial charge on any atom is -0.308 e. The van der Waals surface area contributed by atoms with E-state index in [4.69, 9.17) is 0 Å². The first-order valence-electron chi connectivity index (χ1n) is 5.99. The standard InChI is InChI=1S/C14H17NO2/c1-10(2)8-9-15-12-4-3-5-13(16)11(12)6-7-14(15)17/h6-8H,3-5,9H2,1-2H3. The summed E-state index contributed by atoms with van der Waals surface area (Å²) in [6.45, 7) is 4.58. The summed E-state index contributed by atoms with van der Waals surface area (Å²) < 4.78 is 1.72. The third-order valence-corrected chi connectivity index (χ3v) is 3.10. The van der Waals surface area contributed by atoms with E-state index >= 15 is 0 Å². The van der Waals surface area contributed by atoms with E-state index in [1.54, 1.807) is 10.6 Å². The number of carbonyl (C=O) groups is 1. The molecule has 0 atom stereocenters. The van der Waals surface area contributed by atoms with Crippen LogP contribution < -0.4 is 5.56 Å². The number of pyridine rings is 1. The molecule has 0 N–H and O–H groups in total. The summed E-state index contributed by atoms with van der Waals surface area (Å²) >= 11 is 0. The number of carbonyl (C=O) groups excluding carboxylic acids is 1. The van der Waals surface area contributed by atoms with Crippen molar-refractivity contribution in [1.82, 2.24) is 4.57 Å². The highest BCUT2D eigenvalue weighted by Crippen LogP contribution is 2.19. The zero-order valence-corrected chi connectivity index (χ0v) is 10.3. The highest BCUT2D eigenvalue weighted by atomic mass is 16.1. The molecule has 0 unspecified atom stereocenters. The lowest BCUT2D eigenvalue weighted by Gasteiger charge is -2.19. The Balaban J connectivity index is 2.50. The smallest absolute Gasteiger partial charge is 0.251 e. The van der Waals surface area contributed by atoms with Gasteiger partial charge in [-0.1, -0.05) is 11.6 Å². The van der Waals surface area contributed by atoms with Gasteiger partial charge in [-0.15, -0.1) is 0 Å². The van der Waals surface area contributed by atoms with Gasteiger partial charge in [-0.2, -0.15) is 0 Å². The molecule has 0 aliphatic heterocycles. The lowest BCUT2D eigenvalue weighted by atomic mass is 9.94. The van der Waals surface area contributed by atoms with Crippen LogP contribution in [0.3, 0.4) is 0 Å². The minimum absolute atomic E-state index is 0.0176. The maximum atomic E-state index is 11.8. The molecule has 0 radical (unpaired) electrons. The van der Waals surface area contributed by atoms with Gasteiger partial charge in [0.2, 0.25) is 0 Å². The Morgan fingerprint density at radius 1 is 1.29 bits per heavy atom. The predicted octanol–water partition coefficient (Wildman–Crippen LogP) is 2.33. The van der Waals surface area contributed by atoms with Crippen molar-refractivity contribution in [1.29, 1.82) is 0 Å².